The minimum absolute atomic E-state index is 0.120. The maximum absolute atomic E-state index is 12.8. The minimum atomic E-state index is 0.120. The third-order valence-electron chi connectivity index (χ3n) is 3.71. The zero-order valence-electron chi connectivity index (χ0n) is 12.6. The second-order valence-electron chi connectivity index (χ2n) is 5.02. The van der Waals surface area contributed by atoms with E-state index in [1.165, 1.54) is 0 Å². The van der Waals surface area contributed by atoms with Crippen LogP contribution in [0.15, 0.2) is 18.2 Å². The predicted molar refractivity (Wildman–Crippen MR) is 80.4 cm³/mol. The van der Waals surface area contributed by atoms with Crippen LogP contribution in [0.5, 0.6) is 0 Å². The Balaban J connectivity index is 3.12. The average molecular weight is 262 g/mol. The number of nitrogens with two attached hydrogens (primary N) is 1. The van der Waals surface area contributed by atoms with Crippen LogP contribution in [0.2, 0.25) is 0 Å². The smallest absolute Gasteiger partial charge is 0.254 e. The maximum atomic E-state index is 12.8. The van der Waals surface area contributed by atoms with Crippen molar-refractivity contribution >= 4 is 5.91 Å². The first-order valence-electron chi connectivity index (χ1n) is 7.14. The first-order valence-corrected chi connectivity index (χ1v) is 7.14. The van der Waals surface area contributed by atoms with Gasteiger partial charge in [-0.2, -0.15) is 0 Å². The quantitative estimate of drug-likeness (QED) is 0.857. The van der Waals surface area contributed by atoms with Crippen LogP contribution >= 0.6 is 0 Å². The molecule has 0 unspecified atom stereocenters. The zero-order valence-corrected chi connectivity index (χ0v) is 12.6. The second kappa shape index (κ2) is 7.29. The van der Waals surface area contributed by atoms with Gasteiger partial charge in [-0.25, -0.2) is 0 Å². The number of carbonyl (C=O) groups excluding carboxylic acids is 1. The molecular weight excluding hydrogens is 236 g/mol. The fourth-order valence-corrected chi connectivity index (χ4v) is 2.61. The standard InChI is InChI=1S/C16H26N2O/c1-5-14(6-2)18(11-10-17)16(19)15-12(3)8-7-9-13(15)4/h7-9,14H,5-6,10-11,17H2,1-4H3. The molecule has 19 heavy (non-hydrogen) atoms. The molecule has 0 aliphatic rings. The Labute approximate surface area is 116 Å². The van der Waals surface area contributed by atoms with Gasteiger partial charge in [-0.05, 0) is 37.8 Å². The molecule has 3 nitrogen and oxygen atoms in total. The number of hydrogen-bond donors (Lipinski definition) is 1. The van der Waals surface area contributed by atoms with Crippen molar-refractivity contribution in [3.8, 4) is 0 Å². The minimum Gasteiger partial charge on any atom is -0.334 e. The van der Waals surface area contributed by atoms with Gasteiger partial charge in [0.25, 0.3) is 5.91 Å². The fraction of sp³-hybridized carbons (Fsp3) is 0.562. The van der Waals surface area contributed by atoms with Gasteiger partial charge in [0.05, 0.1) is 0 Å². The lowest BCUT2D eigenvalue weighted by Gasteiger charge is -2.31. The van der Waals surface area contributed by atoms with E-state index in [9.17, 15) is 4.79 Å². The summed E-state index contributed by atoms with van der Waals surface area (Å²) in [6.07, 6.45) is 1.93. The van der Waals surface area contributed by atoms with Crippen molar-refractivity contribution in [3.05, 3.63) is 34.9 Å². The van der Waals surface area contributed by atoms with Gasteiger partial charge in [-0.1, -0.05) is 32.0 Å². The average Bonchev–Trinajstić information content (AvgIpc) is 2.38. The highest BCUT2D eigenvalue weighted by Gasteiger charge is 2.23. The number of amides is 1. The van der Waals surface area contributed by atoms with Crippen LogP contribution in [0, 0.1) is 13.8 Å². The van der Waals surface area contributed by atoms with E-state index in [-0.39, 0.29) is 11.9 Å². The van der Waals surface area contributed by atoms with Crippen LogP contribution in [-0.2, 0) is 0 Å². The molecule has 0 atom stereocenters. The van der Waals surface area contributed by atoms with Gasteiger partial charge in [-0.15, -0.1) is 0 Å². The van der Waals surface area contributed by atoms with E-state index in [1.54, 1.807) is 0 Å². The van der Waals surface area contributed by atoms with Gasteiger partial charge in [0, 0.05) is 24.7 Å². The molecule has 1 rings (SSSR count). The van der Waals surface area contributed by atoms with E-state index < -0.39 is 0 Å². The second-order valence-corrected chi connectivity index (χ2v) is 5.02. The lowest BCUT2D eigenvalue weighted by molar-refractivity contribution is 0.0673. The highest BCUT2D eigenvalue weighted by molar-refractivity contribution is 5.97. The van der Waals surface area contributed by atoms with E-state index in [2.05, 4.69) is 13.8 Å². The summed E-state index contributed by atoms with van der Waals surface area (Å²) in [5.41, 5.74) is 8.59. The Morgan fingerprint density at radius 3 is 2.16 bits per heavy atom. The third-order valence-corrected chi connectivity index (χ3v) is 3.71. The number of aryl methyl sites for hydroxylation is 2. The molecule has 3 heteroatoms. The normalized spacial score (nSPS) is 10.8. The molecule has 1 aromatic carbocycles. The monoisotopic (exact) mass is 262 g/mol. The topological polar surface area (TPSA) is 46.3 Å². The molecular formula is C16H26N2O. The lowest BCUT2D eigenvalue weighted by atomic mass is 10.00. The van der Waals surface area contributed by atoms with Crippen molar-refractivity contribution in [2.75, 3.05) is 13.1 Å². The third kappa shape index (κ3) is 3.57. The van der Waals surface area contributed by atoms with Gasteiger partial charge in [0.2, 0.25) is 0 Å². The summed E-state index contributed by atoms with van der Waals surface area (Å²) < 4.78 is 0. The fourth-order valence-electron chi connectivity index (χ4n) is 2.61. The summed E-state index contributed by atoms with van der Waals surface area (Å²) >= 11 is 0. The van der Waals surface area contributed by atoms with Gasteiger partial charge in [0.15, 0.2) is 0 Å². The van der Waals surface area contributed by atoms with E-state index in [0.29, 0.717) is 13.1 Å². The molecule has 1 amide bonds. The van der Waals surface area contributed by atoms with Crippen LogP contribution < -0.4 is 5.73 Å². The molecule has 0 spiro atoms. The van der Waals surface area contributed by atoms with Gasteiger partial charge >= 0.3 is 0 Å². The summed E-state index contributed by atoms with van der Waals surface area (Å²) in [5, 5.41) is 0. The molecule has 0 heterocycles. The van der Waals surface area contributed by atoms with Crippen molar-refractivity contribution in [3.63, 3.8) is 0 Å². The van der Waals surface area contributed by atoms with Crippen LogP contribution in [0.4, 0.5) is 0 Å². The number of hydrogen-bond acceptors (Lipinski definition) is 2. The predicted octanol–water partition coefficient (Wildman–Crippen LogP) is 2.89. The van der Waals surface area contributed by atoms with Crippen LogP contribution in [0.1, 0.15) is 48.2 Å². The molecule has 0 aliphatic heterocycles. The van der Waals surface area contributed by atoms with Crippen molar-refractivity contribution in [1.29, 1.82) is 0 Å². The molecule has 0 saturated heterocycles. The number of rotatable bonds is 6. The van der Waals surface area contributed by atoms with Crippen molar-refractivity contribution in [1.82, 2.24) is 4.90 Å². The highest BCUT2D eigenvalue weighted by atomic mass is 16.2. The van der Waals surface area contributed by atoms with E-state index in [1.807, 2.05) is 36.9 Å². The van der Waals surface area contributed by atoms with E-state index >= 15 is 0 Å². The van der Waals surface area contributed by atoms with Crippen molar-refractivity contribution in [2.24, 2.45) is 5.73 Å². The summed E-state index contributed by atoms with van der Waals surface area (Å²) in [5.74, 6) is 0.120. The molecule has 0 aliphatic carbocycles. The SMILES string of the molecule is CCC(CC)N(CCN)C(=O)c1c(C)cccc1C. The maximum Gasteiger partial charge on any atom is 0.254 e. The lowest BCUT2D eigenvalue weighted by Crippen LogP contribution is -2.43. The van der Waals surface area contributed by atoms with Crippen molar-refractivity contribution in [2.45, 2.75) is 46.6 Å². The summed E-state index contributed by atoms with van der Waals surface area (Å²) in [6.45, 7) is 9.36. The van der Waals surface area contributed by atoms with Gasteiger partial charge < -0.3 is 10.6 Å². The zero-order chi connectivity index (χ0) is 14.4. The molecule has 0 radical (unpaired) electrons. The molecule has 0 bridgehead atoms. The largest absolute Gasteiger partial charge is 0.334 e. The Morgan fingerprint density at radius 1 is 1.21 bits per heavy atom. The molecule has 0 aromatic heterocycles. The van der Waals surface area contributed by atoms with Crippen molar-refractivity contribution < 1.29 is 4.79 Å². The summed E-state index contributed by atoms with van der Waals surface area (Å²) in [4.78, 5) is 14.7. The highest BCUT2D eigenvalue weighted by Crippen LogP contribution is 2.19. The van der Waals surface area contributed by atoms with Gasteiger partial charge in [-0.3, -0.25) is 4.79 Å². The Hall–Kier alpha value is -1.35. The molecule has 0 fully saturated rings. The van der Waals surface area contributed by atoms with E-state index in [4.69, 9.17) is 5.73 Å². The van der Waals surface area contributed by atoms with E-state index in [0.717, 1.165) is 29.5 Å². The van der Waals surface area contributed by atoms with Crippen LogP contribution in [-0.4, -0.2) is 29.9 Å². The van der Waals surface area contributed by atoms with Crippen LogP contribution in [0.3, 0.4) is 0 Å². The number of nitrogens with zero attached hydrogens (tertiary/aromatic N) is 1. The Morgan fingerprint density at radius 2 is 1.74 bits per heavy atom. The molecule has 2 N–H and O–H groups in total. The first kappa shape index (κ1) is 15.7. The molecule has 106 valence electrons. The molecule has 0 saturated carbocycles. The summed E-state index contributed by atoms with van der Waals surface area (Å²) in [6, 6.07) is 6.25. The number of benzene rings is 1. The van der Waals surface area contributed by atoms with Gasteiger partial charge in [0.1, 0.15) is 0 Å². The van der Waals surface area contributed by atoms with Crippen LogP contribution in [0.25, 0.3) is 0 Å². The summed E-state index contributed by atoms with van der Waals surface area (Å²) in [7, 11) is 0. The Kier molecular flexibility index (Phi) is 6.03. The Bertz CT molecular complexity index is 405. The number of carbonyl (C=O) groups is 1. The first-order chi connectivity index (χ1) is 9.06. The molecule has 1 aromatic rings.